The van der Waals surface area contributed by atoms with Crippen LogP contribution in [0.3, 0.4) is 0 Å². The van der Waals surface area contributed by atoms with Gasteiger partial charge in [-0.2, -0.15) is 0 Å². The number of hydrogen-bond donors (Lipinski definition) is 1. The van der Waals surface area contributed by atoms with Crippen LogP contribution in [0.1, 0.15) is 11.6 Å². The van der Waals surface area contributed by atoms with Crippen molar-refractivity contribution in [2.45, 2.75) is 10.9 Å². The van der Waals surface area contributed by atoms with E-state index in [0.29, 0.717) is 12.3 Å². The first-order valence-corrected chi connectivity index (χ1v) is 8.86. The second kappa shape index (κ2) is 8.82. The lowest BCUT2D eigenvalue weighted by Crippen LogP contribution is -2.30. The van der Waals surface area contributed by atoms with Crippen molar-refractivity contribution >= 4 is 10.8 Å². The van der Waals surface area contributed by atoms with E-state index in [-0.39, 0.29) is 12.6 Å². The molecule has 2 aromatic rings. The topological polar surface area (TPSA) is 49.8 Å². The second-order valence-corrected chi connectivity index (χ2v) is 6.89. The fourth-order valence-corrected chi connectivity index (χ4v) is 3.55. The third-order valence-corrected chi connectivity index (χ3v) is 5.19. The summed E-state index contributed by atoms with van der Waals surface area (Å²) in [5, 5.41) is 9.71. The summed E-state index contributed by atoms with van der Waals surface area (Å²) in [6, 6.07) is 17.0. The molecule has 0 radical (unpaired) electrons. The van der Waals surface area contributed by atoms with E-state index >= 15 is 0 Å². The number of rotatable bonds is 8. The van der Waals surface area contributed by atoms with Crippen LogP contribution in [0.15, 0.2) is 59.5 Å². The van der Waals surface area contributed by atoms with Crippen LogP contribution in [-0.4, -0.2) is 47.3 Å². The van der Waals surface area contributed by atoms with E-state index in [0.717, 1.165) is 16.2 Å². The van der Waals surface area contributed by atoms with E-state index in [2.05, 4.69) is 0 Å². The number of nitrogens with zero attached hydrogens (tertiary/aromatic N) is 1. The maximum atomic E-state index is 12.3. The lowest BCUT2D eigenvalue weighted by atomic mass is 10.1. The maximum absolute atomic E-state index is 12.3. The van der Waals surface area contributed by atoms with Crippen molar-refractivity contribution in [2.24, 2.45) is 0 Å². The van der Waals surface area contributed by atoms with Crippen LogP contribution < -0.4 is 4.74 Å². The van der Waals surface area contributed by atoms with Crippen LogP contribution in [-0.2, 0) is 10.8 Å². The monoisotopic (exact) mass is 333 g/mol. The van der Waals surface area contributed by atoms with Crippen molar-refractivity contribution in [1.29, 1.82) is 0 Å². The van der Waals surface area contributed by atoms with Gasteiger partial charge in [-0.15, -0.1) is 0 Å². The molecule has 5 heteroatoms. The van der Waals surface area contributed by atoms with Crippen LogP contribution in [0.2, 0.25) is 0 Å². The summed E-state index contributed by atoms with van der Waals surface area (Å²) >= 11 is 0. The molecule has 1 N–H and O–H groups in total. The molecule has 0 fully saturated rings. The largest absolute Gasteiger partial charge is 0.497 e. The predicted molar refractivity (Wildman–Crippen MR) is 93.2 cm³/mol. The third kappa shape index (κ3) is 4.89. The molecular weight excluding hydrogens is 310 g/mol. The van der Waals surface area contributed by atoms with Crippen LogP contribution >= 0.6 is 0 Å². The van der Waals surface area contributed by atoms with E-state index < -0.39 is 10.8 Å². The first-order valence-electron chi connectivity index (χ1n) is 7.54. The van der Waals surface area contributed by atoms with Gasteiger partial charge in [0, 0.05) is 17.2 Å². The minimum absolute atomic E-state index is 0.0147. The number of aliphatic hydroxyl groups is 1. The SMILES string of the molecule is COc1ccc(C(CO)N(C)CCS(=O)c2ccccc2)cc1. The molecule has 0 aliphatic heterocycles. The van der Waals surface area contributed by atoms with Gasteiger partial charge in [0.15, 0.2) is 0 Å². The number of ether oxygens (including phenoxy) is 1. The van der Waals surface area contributed by atoms with E-state index in [1.165, 1.54) is 0 Å². The van der Waals surface area contributed by atoms with Gasteiger partial charge in [-0.25, -0.2) is 0 Å². The molecule has 0 saturated heterocycles. The summed E-state index contributed by atoms with van der Waals surface area (Å²) in [6.07, 6.45) is 0. The lowest BCUT2D eigenvalue weighted by Gasteiger charge is -2.26. The zero-order chi connectivity index (χ0) is 16.7. The fourth-order valence-electron chi connectivity index (χ4n) is 2.40. The molecule has 2 unspecified atom stereocenters. The van der Waals surface area contributed by atoms with Gasteiger partial charge in [0.2, 0.25) is 0 Å². The van der Waals surface area contributed by atoms with Crippen molar-refractivity contribution in [2.75, 3.05) is 33.1 Å². The smallest absolute Gasteiger partial charge is 0.118 e. The molecule has 0 heterocycles. The van der Waals surface area contributed by atoms with Crippen LogP contribution in [0, 0.1) is 0 Å². The molecule has 23 heavy (non-hydrogen) atoms. The predicted octanol–water partition coefficient (Wildman–Crippen LogP) is 2.47. The van der Waals surface area contributed by atoms with E-state index in [9.17, 15) is 9.32 Å². The molecular formula is C18H23NO3S. The van der Waals surface area contributed by atoms with Gasteiger partial charge in [-0.3, -0.25) is 9.11 Å². The number of likely N-dealkylation sites (N-methyl/N-ethyl adjacent to an activating group) is 1. The van der Waals surface area contributed by atoms with Crippen LogP contribution in [0.5, 0.6) is 5.75 Å². The zero-order valence-corrected chi connectivity index (χ0v) is 14.3. The highest BCUT2D eigenvalue weighted by atomic mass is 32.2. The lowest BCUT2D eigenvalue weighted by molar-refractivity contribution is 0.154. The van der Waals surface area contributed by atoms with Gasteiger partial charge in [0.1, 0.15) is 5.75 Å². The van der Waals surface area contributed by atoms with Crippen molar-refractivity contribution in [3.8, 4) is 5.75 Å². The first-order chi connectivity index (χ1) is 11.2. The molecule has 0 aliphatic rings. The molecule has 0 bridgehead atoms. The van der Waals surface area contributed by atoms with Crippen LogP contribution in [0.25, 0.3) is 0 Å². The Balaban J connectivity index is 1.96. The Morgan fingerprint density at radius 2 is 1.78 bits per heavy atom. The van der Waals surface area contributed by atoms with Crippen molar-refractivity contribution in [1.82, 2.24) is 4.90 Å². The molecule has 0 saturated carbocycles. The summed E-state index contributed by atoms with van der Waals surface area (Å²) < 4.78 is 17.4. The van der Waals surface area contributed by atoms with Crippen molar-refractivity contribution in [3.63, 3.8) is 0 Å². The van der Waals surface area contributed by atoms with Gasteiger partial charge < -0.3 is 9.84 Å². The summed E-state index contributed by atoms with van der Waals surface area (Å²) in [6.45, 7) is 0.652. The number of methoxy groups -OCH3 is 1. The fraction of sp³-hybridized carbons (Fsp3) is 0.333. The maximum Gasteiger partial charge on any atom is 0.118 e. The quantitative estimate of drug-likeness (QED) is 0.806. The van der Waals surface area contributed by atoms with Gasteiger partial charge >= 0.3 is 0 Å². The molecule has 0 aromatic heterocycles. The van der Waals surface area contributed by atoms with Crippen LogP contribution in [0.4, 0.5) is 0 Å². The Morgan fingerprint density at radius 1 is 1.13 bits per heavy atom. The average molecular weight is 333 g/mol. The Kier molecular flexibility index (Phi) is 6.77. The van der Waals surface area contributed by atoms with Gasteiger partial charge in [0.05, 0.1) is 30.6 Å². The highest BCUT2D eigenvalue weighted by Crippen LogP contribution is 2.21. The molecule has 4 nitrogen and oxygen atoms in total. The van der Waals surface area contributed by atoms with Crippen molar-refractivity contribution < 1.29 is 14.1 Å². The number of aliphatic hydroxyl groups excluding tert-OH is 1. The molecule has 0 amide bonds. The van der Waals surface area contributed by atoms with E-state index in [1.54, 1.807) is 7.11 Å². The third-order valence-electron chi connectivity index (χ3n) is 3.84. The summed E-state index contributed by atoms with van der Waals surface area (Å²) in [7, 11) is 2.54. The van der Waals surface area contributed by atoms with Gasteiger partial charge in [0.25, 0.3) is 0 Å². The normalized spacial score (nSPS) is 13.7. The Labute approximate surface area is 140 Å². The molecule has 2 rings (SSSR count). The minimum Gasteiger partial charge on any atom is -0.497 e. The molecule has 124 valence electrons. The standard InChI is InChI=1S/C18H23NO3S/c1-19(12-13-23(21)17-6-4-3-5-7-17)18(14-20)15-8-10-16(22-2)11-9-15/h3-11,18,20H,12-14H2,1-2H3. The van der Waals surface area contributed by atoms with Crippen molar-refractivity contribution in [3.05, 3.63) is 60.2 Å². The summed E-state index contributed by atoms with van der Waals surface area (Å²) in [5.41, 5.74) is 1.02. The Hall–Kier alpha value is -1.69. The molecule has 0 aliphatic carbocycles. The Morgan fingerprint density at radius 3 is 2.35 bits per heavy atom. The number of benzene rings is 2. The minimum atomic E-state index is -1.03. The summed E-state index contributed by atoms with van der Waals surface area (Å²) in [4.78, 5) is 2.87. The Bertz CT molecular complexity index is 616. The number of hydrogen-bond acceptors (Lipinski definition) is 4. The molecule has 2 aromatic carbocycles. The summed E-state index contributed by atoms with van der Waals surface area (Å²) in [5.74, 6) is 1.32. The first kappa shape index (κ1) is 17.7. The van der Waals surface area contributed by atoms with E-state index in [4.69, 9.17) is 4.74 Å². The highest BCUT2D eigenvalue weighted by Gasteiger charge is 2.17. The molecule has 0 spiro atoms. The van der Waals surface area contributed by atoms with Gasteiger partial charge in [-0.05, 0) is 36.9 Å². The highest BCUT2D eigenvalue weighted by molar-refractivity contribution is 7.85. The molecule has 2 atom stereocenters. The zero-order valence-electron chi connectivity index (χ0n) is 13.5. The average Bonchev–Trinajstić information content (AvgIpc) is 2.61. The van der Waals surface area contributed by atoms with E-state index in [1.807, 2.05) is 66.5 Å². The van der Waals surface area contributed by atoms with Gasteiger partial charge in [-0.1, -0.05) is 30.3 Å². The second-order valence-electron chi connectivity index (χ2n) is 5.31.